The number of hydrogen-bond acceptors (Lipinski definition) is 4. The van der Waals surface area contributed by atoms with Crippen LogP contribution in [-0.2, 0) is 11.2 Å². The summed E-state index contributed by atoms with van der Waals surface area (Å²) < 4.78 is 95.7. The molecule has 2 aromatic rings. The van der Waals surface area contributed by atoms with Crippen molar-refractivity contribution in [2.75, 3.05) is 6.61 Å². The molecular weight excluding hydrogens is 467 g/mol. The maximum Gasteiger partial charge on any atom is 0.573 e. The maximum atomic E-state index is 14.2. The van der Waals surface area contributed by atoms with Crippen molar-refractivity contribution in [1.82, 2.24) is 5.32 Å². The summed E-state index contributed by atoms with van der Waals surface area (Å²) in [6, 6.07) is 5.32. The predicted octanol–water partition coefficient (Wildman–Crippen LogP) is 4.48. The Kier molecular flexibility index (Phi) is 8.12. The van der Waals surface area contributed by atoms with Crippen LogP contribution in [-0.4, -0.2) is 42.2 Å². The number of rotatable bonds is 9. The number of ether oxygens (including phenoxy) is 2. The Labute approximate surface area is 181 Å². The highest BCUT2D eigenvalue weighted by atomic mass is 19.4. The van der Waals surface area contributed by atoms with E-state index in [2.05, 4.69) is 10.1 Å². The van der Waals surface area contributed by atoms with Crippen LogP contribution < -0.4 is 14.8 Å². The molecule has 0 bridgehead atoms. The molecule has 13 heteroatoms. The van der Waals surface area contributed by atoms with Gasteiger partial charge in [0.15, 0.2) is 0 Å². The lowest BCUT2D eigenvalue weighted by Gasteiger charge is -2.16. The molecule has 2 aromatic carbocycles. The molecule has 6 nitrogen and oxygen atoms in total. The van der Waals surface area contributed by atoms with Crippen LogP contribution in [0.15, 0.2) is 42.5 Å². The Morgan fingerprint density at radius 3 is 2.09 bits per heavy atom. The third-order valence-corrected chi connectivity index (χ3v) is 4.04. The van der Waals surface area contributed by atoms with Crippen molar-refractivity contribution in [2.24, 2.45) is 0 Å². The Morgan fingerprint density at radius 2 is 1.58 bits per heavy atom. The van der Waals surface area contributed by atoms with Crippen LogP contribution in [0.5, 0.6) is 11.5 Å². The fourth-order valence-electron chi connectivity index (χ4n) is 2.55. The number of amides is 1. The summed E-state index contributed by atoms with van der Waals surface area (Å²) in [7, 11) is 0. The lowest BCUT2D eigenvalue weighted by molar-refractivity contribution is -0.274. The molecule has 0 heterocycles. The Balaban J connectivity index is 2.03. The highest BCUT2D eigenvalue weighted by molar-refractivity contribution is 5.97. The molecule has 2 rings (SSSR count). The monoisotopic (exact) mass is 483 g/mol. The third-order valence-electron chi connectivity index (χ3n) is 4.04. The molecule has 1 amide bonds. The molecule has 33 heavy (non-hydrogen) atoms. The molecular formula is C20H16F7NO5. The van der Waals surface area contributed by atoms with Crippen LogP contribution in [0.3, 0.4) is 0 Å². The van der Waals surface area contributed by atoms with E-state index >= 15 is 0 Å². The number of carbonyl (C=O) groups is 2. The molecule has 0 aliphatic heterocycles. The molecule has 2 N–H and O–H groups in total. The van der Waals surface area contributed by atoms with Gasteiger partial charge >= 0.3 is 18.5 Å². The normalized spacial score (nSPS) is 12.7. The van der Waals surface area contributed by atoms with E-state index in [0.29, 0.717) is 6.07 Å². The topological polar surface area (TPSA) is 84.9 Å². The molecule has 0 saturated heterocycles. The standard InChI is InChI=1S/C20H16F7NO5/c21-15-10-13(32-8-7-19(22,23)24)5-6-14(15)17(29)28-16(18(30)31)9-11-1-3-12(4-2-11)33-20(25,26)27/h1-6,10,16H,7-9H2,(H,28,29)(H,30,31). The first kappa shape index (κ1) is 25.7. The minimum absolute atomic E-state index is 0.242. The minimum atomic E-state index is -4.90. The number of carboxylic acid groups (broad SMARTS) is 1. The number of aliphatic carboxylic acids is 1. The second-order valence-corrected chi connectivity index (χ2v) is 6.62. The van der Waals surface area contributed by atoms with E-state index in [1.807, 2.05) is 0 Å². The summed E-state index contributed by atoms with van der Waals surface area (Å²) in [5, 5.41) is 11.4. The van der Waals surface area contributed by atoms with Crippen molar-refractivity contribution < 1.29 is 54.9 Å². The van der Waals surface area contributed by atoms with E-state index in [1.54, 1.807) is 0 Å². The van der Waals surface area contributed by atoms with Gasteiger partial charge in [-0.15, -0.1) is 13.2 Å². The van der Waals surface area contributed by atoms with Crippen LogP contribution in [0.1, 0.15) is 22.3 Å². The number of benzene rings is 2. The second-order valence-electron chi connectivity index (χ2n) is 6.62. The third kappa shape index (κ3) is 8.86. The Morgan fingerprint density at radius 1 is 0.970 bits per heavy atom. The number of carbonyl (C=O) groups excluding carboxylic acids is 1. The fourth-order valence-corrected chi connectivity index (χ4v) is 2.55. The Hall–Kier alpha value is -3.51. The zero-order chi connectivity index (χ0) is 24.8. The zero-order valence-electron chi connectivity index (χ0n) is 16.5. The van der Waals surface area contributed by atoms with Gasteiger partial charge in [-0.2, -0.15) is 13.2 Å². The summed E-state index contributed by atoms with van der Waals surface area (Å²) in [5.74, 6) is -4.56. The molecule has 0 spiro atoms. The van der Waals surface area contributed by atoms with Crippen molar-refractivity contribution >= 4 is 11.9 Å². The summed E-state index contributed by atoms with van der Waals surface area (Å²) in [6.45, 7) is -0.762. The van der Waals surface area contributed by atoms with Crippen molar-refractivity contribution in [2.45, 2.75) is 31.4 Å². The van der Waals surface area contributed by atoms with Crippen molar-refractivity contribution in [3.05, 3.63) is 59.4 Å². The van der Waals surface area contributed by atoms with E-state index in [4.69, 9.17) is 4.74 Å². The van der Waals surface area contributed by atoms with Gasteiger partial charge in [0.25, 0.3) is 5.91 Å². The summed E-state index contributed by atoms with van der Waals surface area (Å²) in [6.07, 6.45) is -11.0. The summed E-state index contributed by atoms with van der Waals surface area (Å²) >= 11 is 0. The lowest BCUT2D eigenvalue weighted by Crippen LogP contribution is -2.42. The number of halogens is 7. The van der Waals surface area contributed by atoms with Crippen LogP contribution in [0.2, 0.25) is 0 Å². The van der Waals surface area contributed by atoms with Gasteiger partial charge in [0, 0.05) is 12.5 Å². The number of alkyl halides is 6. The predicted molar refractivity (Wildman–Crippen MR) is 98.3 cm³/mol. The quantitative estimate of drug-likeness (QED) is 0.514. The van der Waals surface area contributed by atoms with E-state index in [9.17, 15) is 45.4 Å². The second kappa shape index (κ2) is 10.4. The van der Waals surface area contributed by atoms with E-state index < -0.39 is 60.6 Å². The fraction of sp³-hybridized carbons (Fsp3) is 0.300. The largest absolute Gasteiger partial charge is 0.573 e. The molecule has 0 radical (unpaired) electrons. The molecule has 0 aliphatic rings. The first-order chi connectivity index (χ1) is 15.2. The van der Waals surface area contributed by atoms with E-state index in [-0.39, 0.29) is 17.7 Å². The average molecular weight is 483 g/mol. The molecule has 1 unspecified atom stereocenters. The summed E-state index contributed by atoms with van der Waals surface area (Å²) in [5.41, 5.74) is -0.343. The van der Waals surface area contributed by atoms with Gasteiger partial charge in [-0.25, -0.2) is 9.18 Å². The molecule has 0 aromatic heterocycles. The van der Waals surface area contributed by atoms with E-state index in [1.165, 1.54) is 0 Å². The number of carboxylic acids is 1. The highest BCUT2D eigenvalue weighted by Gasteiger charge is 2.31. The SMILES string of the molecule is O=C(NC(Cc1ccc(OC(F)(F)F)cc1)C(=O)O)c1ccc(OCCC(F)(F)F)cc1F. The molecule has 0 aliphatic carbocycles. The van der Waals surface area contributed by atoms with Gasteiger partial charge in [-0.05, 0) is 29.8 Å². The van der Waals surface area contributed by atoms with Crippen molar-refractivity contribution in [1.29, 1.82) is 0 Å². The Bertz CT molecular complexity index is 974. The smallest absolute Gasteiger partial charge is 0.493 e. The molecule has 0 saturated carbocycles. The van der Waals surface area contributed by atoms with Crippen LogP contribution in [0, 0.1) is 5.82 Å². The van der Waals surface area contributed by atoms with Gasteiger partial charge in [0.05, 0.1) is 18.6 Å². The molecule has 180 valence electrons. The summed E-state index contributed by atoms with van der Waals surface area (Å²) in [4.78, 5) is 23.8. The molecule has 0 fully saturated rings. The van der Waals surface area contributed by atoms with Gasteiger partial charge in [-0.1, -0.05) is 12.1 Å². The average Bonchev–Trinajstić information content (AvgIpc) is 2.66. The van der Waals surface area contributed by atoms with Gasteiger partial charge < -0.3 is 19.9 Å². The first-order valence-corrected chi connectivity index (χ1v) is 9.11. The first-order valence-electron chi connectivity index (χ1n) is 9.11. The van der Waals surface area contributed by atoms with Gasteiger partial charge in [-0.3, -0.25) is 4.79 Å². The van der Waals surface area contributed by atoms with Gasteiger partial charge in [0.1, 0.15) is 23.4 Å². The zero-order valence-corrected chi connectivity index (χ0v) is 16.5. The van der Waals surface area contributed by atoms with Crippen LogP contribution in [0.25, 0.3) is 0 Å². The van der Waals surface area contributed by atoms with Crippen molar-refractivity contribution in [3.8, 4) is 11.5 Å². The van der Waals surface area contributed by atoms with Crippen LogP contribution in [0.4, 0.5) is 30.7 Å². The van der Waals surface area contributed by atoms with Crippen LogP contribution >= 0.6 is 0 Å². The number of nitrogens with one attached hydrogen (secondary N) is 1. The minimum Gasteiger partial charge on any atom is -0.493 e. The maximum absolute atomic E-state index is 14.2. The van der Waals surface area contributed by atoms with Gasteiger partial charge in [0.2, 0.25) is 0 Å². The lowest BCUT2D eigenvalue weighted by atomic mass is 10.0. The highest BCUT2D eigenvalue weighted by Crippen LogP contribution is 2.24. The molecule has 1 atom stereocenters. The number of hydrogen-bond donors (Lipinski definition) is 2. The van der Waals surface area contributed by atoms with E-state index in [0.717, 1.165) is 36.4 Å². The van der Waals surface area contributed by atoms with Crippen molar-refractivity contribution in [3.63, 3.8) is 0 Å².